The van der Waals surface area contributed by atoms with Gasteiger partial charge in [-0.25, -0.2) is 4.99 Å². The highest BCUT2D eigenvalue weighted by Gasteiger charge is 2.15. The van der Waals surface area contributed by atoms with Crippen LogP contribution in [0.4, 0.5) is 5.69 Å². The van der Waals surface area contributed by atoms with Gasteiger partial charge in [-0.3, -0.25) is 4.79 Å². The molecule has 1 fully saturated rings. The molecule has 2 N–H and O–H groups in total. The number of aliphatic imine (C=N–C) groups is 1. The lowest BCUT2D eigenvalue weighted by Crippen LogP contribution is -2.40. The van der Waals surface area contributed by atoms with Crippen LogP contribution in [0.15, 0.2) is 29.3 Å². The van der Waals surface area contributed by atoms with Crippen LogP contribution in [0.5, 0.6) is 0 Å². The first-order valence-electron chi connectivity index (χ1n) is 7.62. The second-order valence-electron chi connectivity index (χ2n) is 5.14. The molecule has 0 atom stereocenters. The Morgan fingerprint density at radius 2 is 2.13 bits per heavy atom. The van der Waals surface area contributed by atoms with Gasteiger partial charge in [-0.1, -0.05) is 12.0 Å². The van der Waals surface area contributed by atoms with Gasteiger partial charge < -0.3 is 15.5 Å². The SMILES string of the molecule is C#Cc1cccc(NC(=O)CN=C(NCC)N2CCCC2)c1.I. The van der Waals surface area contributed by atoms with Crippen molar-refractivity contribution in [1.82, 2.24) is 10.2 Å². The number of carbonyl (C=O) groups is 1. The third-order valence-electron chi connectivity index (χ3n) is 3.43. The van der Waals surface area contributed by atoms with Gasteiger partial charge in [0.05, 0.1) is 0 Å². The van der Waals surface area contributed by atoms with Crippen molar-refractivity contribution in [2.75, 3.05) is 31.5 Å². The van der Waals surface area contributed by atoms with E-state index in [2.05, 4.69) is 26.4 Å². The average molecular weight is 426 g/mol. The van der Waals surface area contributed by atoms with Crippen molar-refractivity contribution in [2.45, 2.75) is 19.8 Å². The molecule has 1 aromatic rings. The minimum Gasteiger partial charge on any atom is -0.357 e. The molecule has 0 aromatic heterocycles. The number of benzene rings is 1. The smallest absolute Gasteiger partial charge is 0.246 e. The molecule has 1 aliphatic rings. The molecular weight excluding hydrogens is 403 g/mol. The second-order valence-corrected chi connectivity index (χ2v) is 5.14. The summed E-state index contributed by atoms with van der Waals surface area (Å²) in [5.74, 6) is 3.21. The minimum absolute atomic E-state index is 0. The van der Waals surface area contributed by atoms with E-state index in [-0.39, 0.29) is 36.4 Å². The van der Waals surface area contributed by atoms with Crippen molar-refractivity contribution < 1.29 is 4.79 Å². The number of terminal acetylenes is 1. The summed E-state index contributed by atoms with van der Waals surface area (Å²) in [5, 5.41) is 6.05. The van der Waals surface area contributed by atoms with Gasteiger partial charge in [-0.2, -0.15) is 0 Å². The molecule has 0 saturated carbocycles. The summed E-state index contributed by atoms with van der Waals surface area (Å²) >= 11 is 0. The van der Waals surface area contributed by atoms with Crippen molar-refractivity contribution in [2.24, 2.45) is 4.99 Å². The van der Waals surface area contributed by atoms with Crippen LogP contribution in [0.2, 0.25) is 0 Å². The Balaban J connectivity index is 0.00000264. The number of carbonyl (C=O) groups excluding carboxylic acids is 1. The maximum absolute atomic E-state index is 12.0. The van der Waals surface area contributed by atoms with Crippen LogP contribution in [-0.2, 0) is 4.79 Å². The largest absolute Gasteiger partial charge is 0.357 e. The van der Waals surface area contributed by atoms with Gasteiger partial charge in [-0.05, 0) is 38.0 Å². The molecule has 1 heterocycles. The number of halogens is 1. The molecule has 1 aliphatic heterocycles. The number of guanidine groups is 1. The number of rotatable bonds is 4. The van der Waals surface area contributed by atoms with Crippen LogP contribution in [0, 0.1) is 12.3 Å². The van der Waals surface area contributed by atoms with Crippen LogP contribution in [0.1, 0.15) is 25.3 Å². The zero-order valence-electron chi connectivity index (χ0n) is 13.3. The van der Waals surface area contributed by atoms with E-state index in [0.717, 1.165) is 31.2 Å². The molecule has 0 aliphatic carbocycles. The third-order valence-corrected chi connectivity index (χ3v) is 3.43. The highest BCUT2D eigenvalue weighted by atomic mass is 127. The second kappa shape index (κ2) is 10.1. The number of likely N-dealkylation sites (tertiary alicyclic amines) is 1. The van der Waals surface area contributed by atoms with Gasteiger partial charge in [0.25, 0.3) is 0 Å². The van der Waals surface area contributed by atoms with Crippen LogP contribution in [0.3, 0.4) is 0 Å². The monoisotopic (exact) mass is 426 g/mol. The van der Waals surface area contributed by atoms with Crippen molar-refractivity contribution >= 4 is 41.5 Å². The number of hydrogen-bond donors (Lipinski definition) is 2. The zero-order valence-corrected chi connectivity index (χ0v) is 15.7. The van der Waals surface area contributed by atoms with E-state index in [1.54, 1.807) is 6.07 Å². The highest BCUT2D eigenvalue weighted by Crippen LogP contribution is 2.10. The van der Waals surface area contributed by atoms with Gasteiger partial charge in [0.1, 0.15) is 6.54 Å². The van der Waals surface area contributed by atoms with Crippen LogP contribution in [-0.4, -0.2) is 42.9 Å². The summed E-state index contributed by atoms with van der Waals surface area (Å²) in [6, 6.07) is 7.23. The van der Waals surface area contributed by atoms with E-state index in [9.17, 15) is 4.79 Å². The van der Waals surface area contributed by atoms with Gasteiger partial charge >= 0.3 is 0 Å². The maximum atomic E-state index is 12.0. The van der Waals surface area contributed by atoms with Gasteiger partial charge in [0.2, 0.25) is 5.91 Å². The average Bonchev–Trinajstić information content (AvgIpc) is 3.06. The normalized spacial score (nSPS) is 13.9. The van der Waals surface area contributed by atoms with E-state index in [4.69, 9.17) is 6.42 Å². The summed E-state index contributed by atoms with van der Waals surface area (Å²) in [4.78, 5) is 18.6. The van der Waals surface area contributed by atoms with E-state index in [1.807, 2.05) is 25.1 Å². The zero-order chi connectivity index (χ0) is 15.8. The van der Waals surface area contributed by atoms with E-state index in [0.29, 0.717) is 5.69 Å². The number of hydrogen-bond acceptors (Lipinski definition) is 2. The lowest BCUT2D eigenvalue weighted by molar-refractivity contribution is -0.114. The van der Waals surface area contributed by atoms with Gasteiger partial charge in [0.15, 0.2) is 5.96 Å². The number of nitrogens with zero attached hydrogens (tertiary/aromatic N) is 2. The van der Waals surface area contributed by atoms with Crippen LogP contribution >= 0.6 is 24.0 Å². The molecular formula is C17H23IN4O. The van der Waals surface area contributed by atoms with Gasteiger partial charge in [0, 0.05) is 30.9 Å². The molecule has 5 nitrogen and oxygen atoms in total. The molecule has 1 aromatic carbocycles. The first kappa shape index (κ1) is 19.3. The standard InChI is InChI=1S/C17H22N4O.HI/c1-3-14-8-7-9-15(12-14)20-16(22)13-19-17(18-4-2)21-10-5-6-11-21;/h1,7-9,12H,4-6,10-11,13H2,2H3,(H,18,19)(H,20,22);1H. The molecule has 23 heavy (non-hydrogen) atoms. The van der Waals surface area contributed by atoms with Crippen molar-refractivity contribution in [3.8, 4) is 12.3 Å². The maximum Gasteiger partial charge on any atom is 0.246 e. The molecule has 0 bridgehead atoms. The Morgan fingerprint density at radius 3 is 2.78 bits per heavy atom. The first-order valence-corrected chi connectivity index (χ1v) is 7.62. The molecule has 124 valence electrons. The van der Waals surface area contributed by atoms with Crippen molar-refractivity contribution in [1.29, 1.82) is 0 Å². The van der Waals surface area contributed by atoms with Crippen molar-refractivity contribution in [3.63, 3.8) is 0 Å². The lowest BCUT2D eigenvalue weighted by atomic mass is 10.2. The predicted octanol–water partition coefficient (Wildman–Crippen LogP) is 2.29. The predicted molar refractivity (Wildman–Crippen MR) is 105 cm³/mol. The Morgan fingerprint density at radius 1 is 1.39 bits per heavy atom. The molecule has 1 saturated heterocycles. The van der Waals surface area contributed by atoms with E-state index in [1.165, 1.54) is 12.8 Å². The van der Waals surface area contributed by atoms with Gasteiger partial charge in [-0.15, -0.1) is 30.4 Å². The fourth-order valence-electron chi connectivity index (χ4n) is 2.39. The number of amides is 1. The fraction of sp³-hybridized carbons (Fsp3) is 0.412. The van der Waals surface area contributed by atoms with Crippen molar-refractivity contribution in [3.05, 3.63) is 29.8 Å². The summed E-state index contributed by atoms with van der Waals surface area (Å²) < 4.78 is 0. The molecule has 0 radical (unpaired) electrons. The van der Waals surface area contributed by atoms with E-state index >= 15 is 0 Å². The molecule has 6 heteroatoms. The minimum atomic E-state index is -0.149. The molecule has 2 rings (SSSR count). The Bertz CT molecular complexity index is 589. The quantitative estimate of drug-likeness (QED) is 0.336. The third kappa shape index (κ3) is 6.10. The summed E-state index contributed by atoms with van der Waals surface area (Å²) in [5.41, 5.74) is 1.44. The first-order chi connectivity index (χ1) is 10.7. The summed E-state index contributed by atoms with van der Waals surface area (Å²) in [6.07, 6.45) is 7.70. The molecule has 1 amide bonds. The Hall–Kier alpha value is -1.75. The fourth-order valence-corrected chi connectivity index (χ4v) is 2.39. The highest BCUT2D eigenvalue weighted by molar-refractivity contribution is 14.0. The lowest BCUT2D eigenvalue weighted by Gasteiger charge is -2.20. The summed E-state index contributed by atoms with van der Waals surface area (Å²) in [7, 11) is 0. The molecule has 0 spiro atoms. The number of nitrogens with one attached hydrogen (secondary N) is 2. The molecule has 0 unspecified atom stereocenters. The Kier molecular flexibility index (Phi) is 8.48. The Labute approximate surface area is 154 Å². The van der Waals surface area contributed by atoms with Crippen LogP contribution in [0.25, 0.3) is 0 Å². The number of anilines is 1. The van der Waals surface area contributed by atoms with Crippen LogP contribution < -0.4 is 10.6 Å². The van der Waals surface area contributed by atoms with E-state index < -0.39 is 0 Å². The summed E-state index contributed by atoms with van der Waals surface area (Å²) in [6.45, 7) is 4.91. The topological polar surface area (TPSA) is 56.7 Å².